The molecule has 2 heterocycles. The lowest BCUT2D eigenvalue weighted by molar-refractivity contribution is 0.103. The van der Waals surface area contributed by atoms with Crippen LogP contribution in [0, 0.1) is 0 Å². The van der Waals surface area contributed by atoms with Gasteiger partial charge in [-0.3, -0.25) is 14.7 Å². The summed E-state index contributed by atoms with van der Waals surface area (Å²) in [7, 11) is 0. The van der Waals surface area contributed by atoms with E-state index >= 15 is 0 Å². The number of amides is 1. The lowest BCUT2D eigenvalue weighted by atomic mass is 9.86. The van der Waals surface area contributed by atoms with Crippen LogP contribution in [0.2, 0.25) is 0 Å². The van der Waals surface area contributed by atoms with E-state index in [2.05, 4.69) is 15.5 Å². The lowest BCUT2D eigenvalue weighted by Crippen LogP contribution is -2.16. The molecule has 2 aromatic heterocycles. The van der Waals surface area contributed by atoms with E-state index in [-0.39, 0.29) is 11.7 Å². The number of carbonyl (C=O) groups is 2. The average molecular weight is 345 g/mol. The van der Waals surface area contributed by atoms with Gasteiger partial charge in [0.25, 0.3) is 5.91 Å². The lowest BCUT2D eigenvalue weighted by Gasteiger charge is -2.18. The molecule has 0 bridgehead atoms. The molecular weight excluding hydrogens is 334 g/mol. The largest absolute Gasteiger partial charge is 0.321 e. The summed E-state index contributed by atoms with van der Waals surface area (Å²) in [5.41, 5.74) is 3.93. The molecule has 0 radical (unpaired) electrons. The van der Waals surface area contributed by atoms with Gasteiger partial charge in [0.05, 0.1) is 21.6 Å². The third-order valence-electron chi connectivity index (χ3n) is 4.38. The molecule has 0 atom stereocenters. The summed E-state index contributed by atoms with van der Waals surface area (Å²) in [4.78, 5) is 26.1. The highest BCUT2D eigenvalue weighted by Gasteiger charge is 2.30. The first-order valence-electron chi connectivity index (χ1n) is 7.74. The molecule has 2 aromatic carbocycles. The number of H-pyrrole nitrogens is 1. The van der Waals surface area contributed by atoms with Crippen molar-refractivity contribution in [1.82, 2.24) is 10.2 Å². The Morgan fingerprint density at radius 2 is 1.88 bits per heavy atom. The van der Waals surface area contributed by atoms with Gasteiger partial charge in [0.1, 0.15) is 5.69 Å². The molecule has 0 saturated carbocycles. The number of nitrogens with zero attached hydrogens (tertiary/aromatic N) is 1. The molecule has 0 unspecified atom stereocenters. The number of thiophene rings is 1. The number of fused-ring (bicyclic) bond motifs is 2. The molecule has 5 rings (SSSR count). The number of anilines is 1. The smallest absolute Gasteiger partial charge is 0.265 e. The molecule has 25 heavy (non-hydrogen) atoms. The monoisotopic (exact) mass is 345 g/mol. The first-order valence-corrected chi connectivity index (χ1v) is 8.62. The Balaban J connectivity index is 1.73. The van der Waals surface area contributed by atoms with Crippen LogP contribution >= 0.6 is 11.3 Å². The van der Waals surface area contributed by atoms with Gasteiger partial charge in [0, 0.05) is 16.5 Å². The van der Waals surface area contributed by atoms with E-state index in [1.54, 1.807) is 18.2 Å². The first kappa shape index (κ1) is 14.1. The summed E-state index contributed by atoms with van der Waals surface area (Å²) < 4.78 is 0. The Morgan fingerprint density at radius 3 is 2.68 bits per heavy atom. The van der Waals surface area contributed by atoms with Gasteiger partial charge in [0.15, 0.2) is 5.78 Å². The van der Waals surface area contributed by atoms with Crippen LogP contribution < -0.4 is 5.32 Å². The quantitative estimate of drug-likeness (QED) is 0.506. The normalized spacial score (nSPS) is 12.2. The average Bonchev–Trinajstić information content (AvgIpc) is 3.31. The summed E-state index contributed by atoms with van der Waals surface area (Å²) in [6.45, 7) is 0. The maximum absolute atomic E-state index is 13.1. The predicted octanol–water partition coefficient (Wildman–Crippen LogP) is 4.09. The molecule has 0 spiro atoms. The number of benzene rings is 2. The summed E-state index contributed by atoms with van der Waals surface area (Å²) in [6, 6.07) is 14.6. The van der Waals surface area contributed by atoms with E-state index in [1.807, 2.05) is 35.7 Å². The van der Waals surface area contributed by atoms with Crippen molar-refractivity contribution in [2.24, 2.45) is 0 Å². The van der Waals surface area contributed by atoms with Gasteiger partial charge >= 0.3 is 0 Å². The topological polar surface area (TPSA) is 74.8 Å². The van der Waals surface area contributed by atoms with Gasteiger partial charge in [-0.25, -0.2) is 0 Å². The zero-order valence-corrected chi connectivity index (χ0v) is 13.7. The SMILES string of the molecule is O=C(Nc1ccc2[nH]nc3c2c1C(=O)c1ccccc1-3)c1cccs1. The molecule has 0 aliphatic heterocycles. The molecule has 6 heteroatoms. The highest BCUT2D eigenvalue weighted by molar-refractivity contribution is 7.12. The molecule has 0 saturated heterocycles. The zero-order chi connectivity index (χ0) is 17.0. The van der Waals surface area contributed by atoms with Crippen molar-refractivity contribution < 1.29 is 9.59 Å². The van der Waals surface area contributed by atoms with Crippen molar-refractivity contribution >= 4 is 39.6 Å². The van der Waals surface area contributed by atoms with Crippen LogP contribution in [-0.4, -0.2) is 21.9 Å². The van der Waals surface area contributed by atoms with E-state index < -0.39 is 0 Å². The number of aromatic nitrogens is 2. The Bertz CT molecular complexity index is 1160. The van der Waals surface area contributed by atoms with E-state index in [0.717, 1.165) is 22.2 Å². The Morgan fingerprint density at radius 1 is 1.04 bits per heavy atom. The molecule has 5 nitrogen and oxygen atoms in total. The minimum Gasteiger partial charge on any atom is -0.321 e. The number of hydrogen-bond donors (Lipinski definition) is 2. The van der Waals surface area contributed by atoms with Crippen LogP contribution in [-0.2, 0) is 0 Å². The Labute approximate surface area is 146 Å². The molecule has 1 aliphatic rings. The summed E-state index contributed by atoms with van der Waals surface area (Å²) >= 11 is 1.36. The van der Waals surface area contributed by atoms with E-state index in [9.17, 15) is 9.59 Å². The van der Waals surface area contributed by atoms with Crippen molar-refractivity contribution in [2.75, 3.05) is 5.32 Å². The maximum Gasteiger partial charge on any atom is 0.265 e. The summed E-state index contributed by atoms with van der Waals surface area (Å²) in [6.07, 6.45) is 0. The van der Waals surface area contributed by atoms with Crippen LogP contribution in [0.3, 0.4) is 0 Å². The van der Waals surface area contributed by atoms with Crippen molar-refractivity contribution in [3.63, 3.8) is 0 Å². The number of aromatic amines is 1. The zero-order valence-electron chi connectivity index (χ0n) is 12.9. The first-order chi connectivity index (χ1) is 12.2. The van der Waals surface area contributed by atoms with Gasteiger partial charge in [0.2, 0.25) is 0 Å². The molecular formula is C19H11N3O2S. The second kappa shape index (κ2) is 5.12. The fourth-order valence-corrected chi connectivity index (χ4v) is 3.88. The standard InChI is InChI=1S/C19H11N3O2S/c23-18-11-5-2-1-4-10(11)17-15-13(21-22-17)8-7-12(16(15)18)20-19(24)14-6-3-9-25-14/h1-9H,(H,20,24)(H,21,22). The third-order valence-corrected chi connectivity index (χ3v) is 5.25. The third kappa shape index (κ3) is 1.98. The number of hydrogen-bond acceptors (Lipinski definition) is 4. The Hall–Kier alpha value is -3.25. The predicted molar refractivity (Wildman–Crippen MR) is 97.2 cm³/mol. The fraction of sp³-hybridized carbons (Fsp3) is 0. The minimum absolute atomic E-state index is 0.100. The maximum atomic E-state index is 13.1. The van der Waals surface area contributed by atoms with Crippen molar-refractivity contribution in [1.29, 1.82) is 0 Å². The van der Waals surface area contributed by atoms with Gasteiger partial charge < -0.3 is 5.32 Å². The second-order valence-electron chi connectivity index (χ2n) is 5.79. The van der Waals surface area contributed by atoms with Gasteiger partial charge in [-0.05, 0) is 23.6 Å². The van der Waals surface area contributed by atoms with Crippen molar-refractivity contribution in [3.05, 3.63) is 69.9 Å². The van der Waals surface area contributed by atoms with Crippen molar-refractivity contribution in [2.45, 2.75) is 0 Å². The molecule has 2 N–H and O–H groups in total. The molecule has 1 aliphatic carbocycles. The second-order valence-corrected chi connectivity index (χ2v) is 6.74. The van der Waals surface area contributed by atoms with Crippen LogP contribution in [0.1, 0.15) is 25.6 Å². The van der Waals surface area contributed by atoms with E-state index in [4.69, 9.17) is 0 Å². The van der Waals surface area contributed by atoms with E-state index in [1.165, 1.54) is 11.3 Å². The van der Waals surface area contributed by atoms with Crippen LogP contribution in [0.5, 0.6) is 0 Å². The fourth-order valence-electron chi connectivity index (χ4n) is 3.26. The van der Waals surface area contributed by atoms with Gasteiger partial charge in [-0.2, -0.15) is 5.10 Å². The number of ketones is 1. The summed E-state index contributed by atoms with van der Waals surface area (Å²) in [5.74, 6) is -0.320. The van der Waals surface area contributed by atoms with Crippen LogP contribution in [0.4, 0.5) is 5.69 Å². The highest BCUT2D eigenvalue weighted by atomic mass is 32.1. The molecule has 0 fully saturated rings. The van der Waals surface area contributed by atoms with Crippen LogP contribution in [0.15, 0.2) is 53.9 Å². The molecule has 1 amide bonds. The number of carbonyl (C=O) groups excluding carboxylic acids is 2. The number of nitrogens with one attached hydrogen (secondary N) is 2. The molecule has 120 valence electrons. The van der Waals surface area contributed by atoms with Gasteiger partial charge in [-0.15, -0.1) is 11.3 Å². The van der Waals surface area contributed by atoms with Crippen molar-refractivity contribution in [3.8, 4) is 11.3 Å². The van der Waals surface area contributed by atoms with E-state index in [0.29, 0.717) is 21.7 Å². The Kier molecular flexibility index (Phi) is 2.89. The van der Waals surface area contributed by atoms with Crippen LogP contribution in [0.25, 0.3) is 22.2 Å². The minimum atomic E-state index is -0.220. The summed E-state index contributed by atoms with van der Waals surface area (Å²) in [5, 5.41) is 12.8. The number of rotatable bonds is 2. The molecule has 4 aromatic rings. The van der Waals surface area contributed by atoms with Gasteiger partial charge in [-0.1, -0.05) is 30.3 Å². The highest BCUT2D eigenvalue weighted by Crippen LogP contribution is 2.40.